The van der Waals surface area contributed by atoms with Crippen LogP contribution in [0.4, 0.5) is 11.4 Å². The van der Waals surface area contributed by atoms with Crippen molar-refractivity contribution in [2.45, 2.75) is 0 Å². The van der Waals surface area contributed by atoms with Gasteiger partial charge in [0.2, 0.25) is 0 Å². The number of carbonyl (C=O) groups excluding carboxylic acids is 1. The Kier molecular flexibility index (Phi) is 3.99. The Morgan fingerprint density at radius 3 is 2.40 bits per heavy atom. The molecule has 0 radical (unpaired) electrons. The average molecular weight is 337 g/mol. The minimum absolute atomic E-state index is 0.00602. The third-order valence-corrected chi connectivity index (χ3v) is 3.21. The molecule has 6 nitrogen and oxygen atoms in total. The summed E-state index contributed by atoms with van der Waals surface area (Å²) in [5.74, 6) is -0.409. The molecule has 7 heteroatoms. The van der Waals surface area contributed by atoms with Crippen molar-refractivity contribution in [2.24, 2.45) is 0 Å². The van der Waals surface area contributed by atoms with Gasteiger partial charge in [0, 0.05) is 29.4 Å². The van der Waals surface area contributed by atoms with E-state index in [1.807, 2.05) is 0 Å². The van der Waals surface area contributed by atoms with Crippen molar-refractivity contribution >= 4 is 33.2 Å². The first kappa shape index (κ1) is 14.0. The Bertz CT molecular complexity index is 671. The molecule has 0 aromatic heterocycles. The summed E-state index contributed by atoms with van der Waals surface area (Å²) in [4.78, 5) is 21.9. The van der Waals surface area contributed by atoms with Gasteiger partial charge in [-0.1, -0.05) is 0 Å². The Morgan fingerprint density at radius 2 is 1.85 bits per heavy atom. The minimum Gasteiger partial charge on any atom is -0.507 e. The van der Waals surface area contributed by atoms with Gasteiger partial charge < -0.3 is 10.4 Å². The lowest BCUT2D eigenvalue weighted by Gasteiger charge is -2.06. The second-order valence-electron chi connectivity index (χ2n) is 3.92. The van der Waals surface area contributed by atoms with E-state index < -0.39 is 10.8 Å². The number of nitro groups is 1. The molecule has 1 amide bonds. The summed E-state index contributed by atoms with van der Waals surface area (Å²) in [7, 11) is 0. The largest absolute Gasteiger partial charge is 0.507 e. The molecule has 0 fully saturated rings. The van der Waals surface area contributed by atoms with E-state index >= 15 is 0 Å². The van der Waals surface area contributed by atoms with Gasteiger partial charge >= 0.3 is 0 Å². The molecule has 0 saturated heterocycles. The number of hydrogen-bond acceptors (Lipinski definition) is 4. The Balaban J connectivity index is 2.15. The predicted octanol–water partition coefficient (Wildman–Crippen LogP) is 3.32. The molecule has 2 aromatic rings. The van der Waals surface area contributed by atoms with Crippen LogP contribution in [0.2, 0.25) is 0 Å². The number of non-ortho nitro benzene ring substituents is 1. The van der Waals surface area contributed by atoms with Crippen LogP contribution in [0, 0.1) is 10.1 Å². The highest BCUT2D eigenvalue weighted by molar-refractivity contribution is 9.10. The summed E-state index contributed by atoms with van der Waals surface area (Å²) in [6, 6.07) is 9.86. The molecule has 102 valence electrons. The molecule has 2 N–H and O–H groups in total. The van der Waals surface area contributed by atoms with Crippen LogP contribution >= 0.6 is 15.9 Å². The van der Waals surface area contributed by atoms with Gasteiger partial charge in [0.05, 0.1) is 9.40 Å². The number of nitrogens with one attached hydrogen (secondary N) is 1. The molecule has 2 rings (SSSR count). The standard InChI is InChI=1S/C13H9BrN2O4/c14-11-6-3-9(7-12(11)17)15-13(18)8-1-4-10(5-2-8)16(19)20/h1-7,17H,(H,15,18). The van der Waals surface area contributed by atoms with Crippen molar-refractivity contribution in [3.8, 4) is 5.75 Å². The van der Waals surface area contributed by atoms with Crippen LogP contribution in [-0.4, -0.2) is 15.9 Å². The number of hydrogen-bond donors (Lipinski definition) is 2. The fraction of sp³-hybridized carbons (Fsp3) is 0. The molecular weight excluding hydrogens is 328 g/mol. The summed E-state index contributed by atoms with van der Waals surface area (Å²) in [6.45, 7) is 0. The van der Waals surface area contributed by atoms with Crippen LogP contribution in [0.25, 0.3) is 0 Å². The van der Waals surface area contributed by atoms with Crippen LogP contribution in [0.3, 0.4) is 0 Å². The van der Waals surface area contributed by atoms with Crippen molar-refractivity contribution in [2.75, 3.05) is 5.32 Å². The second-order valence-corrected chi connectivity index (χ2v) is 4.78. The van der Waals surface area contributed by atoms with Crippen LogP contribution in [0.5, 0.6) is 5.75 Å². The number of phenols is 1. The Hall–Kier alpha value is -2.41. The van der Waals surface area contributed by atoms with Crippen molar-refractivity contribution < 1.29 is 14.8 Å². The highest BCUT2D eigenvalue weighted by Gasteiger charge is 2.10. The molecule has 0 aliphatic rings. The maximum atomic E-state index is 11.9. The molecule has 0 bridgehead atoms. The number of phenolic OH excluding ortho intramolecular Hbond substituents is 1. The molecule has 0 spiro atoms. The number of nitrogens with zero attached hydrogens (tertiary/aromatic N) is 1. The van der Waals surface area contributed by atoms with Crippen molar-refractivity contribution in [1.29, 1.82) is 0 Å². The zero-order valence-corrected chi connectivity index (χ0v) is 11.6. The van der Waals surface area contributed by atoms with Gasteiger partial charge in [-0.15, -0.1) is 0 Å². The first-order chi connectivity index (χ1) is 9.47. The molecule has 2 aromatic carbocycles. The van der Waals surface area contributed by atoms with Crippen LogP contribution in [0.1, 0.15) is 10.4 Å². The highest BCUT2D eigenvalue weighted by atomic mass is 79.9. The maximum Gasteiger partial charge on any atom is 0.269 e. The minimum atomic E-state index is -0.533. The summed E-state index contributed by atoms with van der Waals surface area (Å²) >= 11 is 3.14. The molecular formula is C13H9BrN2O4. The van der Waals surface area contributed by atoms with E-state index in [4.69, 9.17) is 0 Å². The van der Waals surface area contributed by atoms with Gasteiger partial charge in [-0.05, 0) is 40.2 Å². The molecule has 0 saturated carbocycles. The number of halogens is 1. The summed E-state index contributed by atoms with van der Waals surface area (Å²) in [5.41, 5.74) is 0.634. The monoisotopic (exact) mass is 336 g/mol. The fourth-order valence-electron chi connectivity index (χ4n) is 1.53. The van der Waals surface area contributed by atoms with E-state index in [-0.39, 0.29) is 17.0 Å². The van der Waals surface area contributed by atoms with E-state index in [2.05, 4.69) is 21.2 Å². The number of rotatable bonds is 3. The highest BCUT2D eigenvalue weighted by Crippen LogP contribution is 2.27. The number of amides is 1. The summed E-state index contributed by atoms with van der Waals surface area (Å²) in [6.07, 6.45) is 0. The molecule has 0 aliphatic heterocycles. The summed E-state index contributed by atoms with van der Waals surface area (Å²) in [5, 5.41) is 22.6. The van der Waals surface area contributed by atoms with Gasteiger partial charge in [-0.25, -0.2) is 0 Å². The van der Waals surface area contributed by atoms with Crippen LogP contribution in [0.15, 0.2) is 46.9 Å². The molecule has 20 heavy (non-hydrogen) atoms. The number of carbonyl (C=O) groups is 1. The van der Waals surface area contributed by atoms with Gasteiger partial charge in [0.15, 0.2) is 0 Å². The lowest BCUT2D eigenvalue weighted by molar-refractivity contribution is -0.384. The second kappa shape index (κ2) is 5.70. The van der Waals surface area contributed by atoms with Gasteiger partial charge in [-0.2, -0.15) is 0 Å². The van der Waals surface area contributed by atoms with Crippen molar-refractivity contribution in [3.63, 3.8) is 0 Å². The molecule has 0 unspecified atom stereocenters. The maximum absolute atomic E-state index is 11.9. The van der Waals surface area contributed by atoms with Gasteiger partial charge in [-0.3, -0.25) is 14.9 Å². The number of anilines is 1. The zero-order valence-electron chi connectivity index (χ0n) is 10.0. The lowest BCUT2D eigenvalue weighted by Crippen LogP contribution is -2.11. The quantitative estimate of drug-likeness (QED) is 0.664. The van der Waals surface area contributed by atoms with Crippen LogP contribution in [-0.2, 0) is 0 Å². The third-order valence-electron chi connectivity index (χ3n) is 2.54. The zero-order chi connectivity index (χ0) is 14.7. The Morgan fingerprint density at radius 1 is 1.20 bits per heavy atom. The topological polar surface area (TPSA) is 92.5 Å². The average Bonchev–Trinajstić information content (AvgIpc) is 2.43. The van der Waals surface area contributed by atoms with Crippen molar-refractivity contribution in [1.82, 2.24) is 0 Å². The van der Waals surface area contributed by atoms with E-state index in [1.165, 1.54) is 30.3 Å². The first-order valence-corrected chi connectivity index (χ1v) is 6.31. The number of nitro benzene ring substituents is 1. The molecule has 0 atom stereocenters. The van der Waals surface area contributed by atoms with Crippen LogP contribution < -0.4 is 5.32 Å². The van der Waals surface area contributed by atoms with E-state index in [0.29, 0.717) is 10.2 Å². The number of benzene rings is 2. The van der Waals surface area contributed by atoms with E-state index in [0.717, 1.165) is 0 Å². The van der Waals surface area contributed by atoms with Gasteiger partial charge in [0.1, 0.15) is 5.75 Å². The molecule has 0 aliphatic carbocycles. The third kappa shape index (κ3) is 3.12. The van der Waals surface area contributed by atoms with E-state index in [9.17, 15) is 20.0 Å². The number of aromatic hydroxyl groups is 1. The van der Waals surface area contributed by atoms with Crippen molar-refractivity contribution in [3.05, 3.63) is 62.6 Å². The predicted molar refractivity (Wildman–Crippen MR) is 76.9 cm³/mol. The smallest absolute Gasteiger partial charge is 0.269 e. The normalized spacial score (nSPS) is 10.1. The summed E-state index contributed by atoms with van der Waals surface area (Å²) < 4.78 is 0.519. The van der Waals surface area contributed by atoms with E-state index in [1.54, 1.807) is 12.1 Å². The SMILES string of the molecule is O=C(Nc1ccc(Br)c(O)c1)c1ccc([N+](=O)[O-])cc1. The lowest BCUT2D eigenvalue weighted by atomic mass is 10.2. The fourth-order valence-corrected chi connectivity index (χ4v) is 1.77. The van der Waals surface area contributed by atoms with Gasteiger partial charge in [0.25, 0.3) is 11.6 Å². The molecule has 0 heterocycles. The Labute approximate surface area is 122 Å². The first-order valence-electron chi connectivity index (χ1n) is 5.51.